The van der Waals surface area contributed by atoms with Gasteiger partial charge in [0, 0.05) is 25.5 Å². The Morgan fingerprint density at radius 1 is 1.50 bits per heavy atom. The van der Waals surface area contributed by atoms with Crippen LogP contribution in [0.15, 0.2) is 11.4 Å². The number of hydrogen-bond acceptors (Lipinski definition) is 5. The van der Waals surface area contributed by atoms with Crippen molar-refractivity contribution in [3.63, 3.8) is 0 Å². The molecular weight excluding hydrogens is 226 g/mol. The molecule has 0 saturated heterocycles. The molecule has 0 saturated carbocycles. The molecule has 0 unspecified atom stereocenters. The van der Waals surface area contributed by atoms with Gasteiger partial charge >= 0.3 is 0 Å². The summed E-state index contributed by atoms with van der Waals surface area (Å²) in [7, 11) is -3.30. The molecule has 0 bridgehead atoms. The van der Waals surface area contributed by atoms with Gasteiger partial charge in [-0.25, -0.2) is 18.4 Å². The van der Waals surface area contributed by atoms with Crippen LogP contribution in [0.1, 0.15) is 18.2 Å². The first-order valence-electron chi connectivity index (χ1n) is 5.28. The molecule has 88 valence electrons. The van der Waals surface area contributed by atoms with Gasteiger partial charge in [0.1, 0.15) is 0 Å². The first-order valence-corrected chi connectivity index (χ1v) is 7.17. The zero-order chi connectivity index (χ0) is 11.8. The molecule has 1 aliphatic heterocycles. The Kier molecular flexibility index (Phi) is 2.94. The first-order chi connectivity index (χ1) is 7.50. The van der Waals surface area contributed by atoms with Crippen LogP contribution in [0.4, 0.5) is 0 Å². The van der Waals surface area contributed by atoms with E-state index in [1.54, 1.807) is 6.20 Å². The molecule has 0 fully saturated rings. The van der Waals surface area contributed by atoms with Gasteiger partial charge in [-0.3, -0.25) is 4.90 Å². The van der Waals surface area contributed by atoms with Gasteiger partial charge in [-0.15, -0.1) is 0 Å². The Balaban J connectivity index is 2.38. The molecule has 0 N–H and O–H groups in total. The highest BCUT2D eigenvalue weighted by molar-refractivity contribution is 7.90. The van der Waals surface area contributed by atoms with E-state index in [1.807, 2.05) is 0 Å². The average molecular weight is 241 g/mol. The van der Waals surface area contributed by atoms with Crippen LogP contribution >= 0.6 is 0 Å². The molecule has 6 heteroatoms. The number of rotatable bonds is 2. The van der Waals surface area contributed by atoms with E-state index >= 15 is 0 Å². The number of nitrogens with zero attached hydrogens (tertiary/aromatic N) is 3. The van der Waals surface area contributed by atoms with Gasteiger partial charge in [-0.1, -0.05) is 6.92 Å². The monoisotopic (exact) mass is 241 g/mol. The van der Waals surface area contributed by atoms with Crippen molar-refractivity contribution < 1.29 is 8.42 Å². The van der Waals surface area contributed by atoms with Gasteiger partial charge < -0.3 is 0 Å². The summed E-state index contributed by atoms with van der Waals surface area (Å²) in [6.45, 7) is 4.75. The molecule has 0 aromatic carbocycles. The lowest BCUT2D eigenvalue weighted by atomic mass is 10.1. The summed E-state index contributed by atoms with van der Waals surface area (Å²) in [5.74, 6) is 0. The molecule has 5 nitrogen and oxygen atoms in total. The van der Waals surface area contributed by atoms with Crippen molar-refractivity contribution in [2.75, 3.05) is 19.3 Å². The fourth-order valence-corrected chi connectivity index (χ4v) is 2.31. The fourth-order valence-electron chi connectivity index (χ4n) is 1.79. The van der Waals surface area contributed by atoms with Crippen LogP contribution in [0.3, 0.4) is 0 Å². The van der Waals surface area contributed by atoms with Crippen LogP contribution in [-0.2, 0) is 22.8 Å². The van der Waals surface area contributed by atoms with E-state index in [2.05, 4.69) is 21.8 Å². The molecule has 1 aromatic heterocycles. The topological polar surface area (TPSA) is 63.2 Å². The van der Waals surface area contributed by atoms with Crippen LogP contribution in [0, 0.1) is 0 Å². The number of likely N-dealkylation sites (N-methyl/N-ethyl adjacent to an activating group) is 1. The lowest BCUT2D eigenvalue weighted by Crippen LogP contribution is -2.31. The molecule has 2 rings (SSSR count). The predicted octanol–water partition coefficient (Wildman–Crippen LogP) is 0.258. The van der Waals surface area contributed by atoms with Crippen molar-refractivity contribution in [2.24, 2.45) is 0 Å². The Morgan fingerprint density at radius 2 is 2.25 bits per heavy atom. The van der Waals surface area contributed by atoms with Gasteiger partial charge in [0.25, 0.3) is 0 Å². The summed E-state index contributed by atoms with van der Waals surface area (Å²) >= 11 is 0. The predicted molar refractivity (Wildman–Crippen MR) is 59.8 cm³/mol. The van der Waals surface area contributed by atoms with Gasteiger partial charge in [0.2, 0.25) is 15.0 Å². The van der Waals surface area contributed by atoms with E-state index in [-0.39, 0.29) is 5.16 Å². The molecule has 0 atom stereocenters. The summed E-state index contributed by atoms with van der Waals surface area (Å²) in [6.07, 6.45) is 3.67. The summed E-state index contributed by atoms with van der Waals surface area (Å²) in [4.78, 5) is 10.3. The Labute approximate surface area is 95.4 Å². The van der Waals surface area contributed by atoms with Crippen LogP contribution in [-0.4, -0.2) is 42.6 Å². The first kappa shape index (κ1) is 11.5. The quantitative estimate of drug-likeness (QED) is 0.695. The van der Waals surface area contributed by atoms with Crippen molar-refractivity contribution >= 4 is 9.84 Å². The molecule has 0 spiro atoms. The Bertz CT molecular complexity index is 499. The molecule has 1 aromatic rings. The zero-order valence-corrected chi connectivity index (χ0v) is 10.3. The van der Waals surface area contributed by atoms with Crippen LogP contribution in [0.2, 0.25) is 0 Å². The van der Waals surface area contributed by atoms with Gasteiger partial charge in [-0.05, 0) is 18.5 Å². The third-order valence-electron chi connectivity index (χ3n) is 2.78. The molecule has 0 radical (unpaired) electrons. The fraction of sp³-hybridized carbons (Fsp3) is 0.600. The van der Waals surface area contributed by atoms with E-state index in [4.69, 9.17) is 0 Å². The van der Waals surface area contributed by atoms with Gasteiger partial charge in [0.05, 0.1) is 5.69 Å². The Morgan fingerprint density at radius 3 is 2.88 bits per heavy atom. The van der Waals surface area contributed by atoms with E-state index in [1.165, 1.54) is 0 Å². The van der Waals surface area contributed by atoms with E-state index in [0.29, 0.717) is 0 Å². The second kappa shape index (κ2) is 4.10. The molecule has 16 heavy (non-hydrogen) atoms. The molecule has 0 amide bonds. The number of hydrogen-bond donors (Lipinski definition) is 0. The maximum Gasteiger partial charge on any atom is 0.247 e. The highest BCUT2D eigenvalue weighted by Crippen LogP contribution is 2.17. The van der Waals surface area contributed by atoms with E-state index in [9.17, 15) is 8.42 Å². The highest BCUT2D eigenvalue weighted by Gasteiger charge is 2.19. The van der Waals surface area contributed by atoms with E-state index < -0.39 is 9.84 Å². The summed E-state index contributed by atoms with van der Waals surface area (Å²) in [5.41, 5.74) is 1.92. The molecule has 2 heterocycles. The van der Waals surface area contributed by atoms with Gasteiger partial charge in [0.15, 0.2) is 0 Å². The van der Waals surface area contributed by atoms with Crippen LogP contribution in [0.5, 0.6) is 0 Å². The highest BCUT2D eigenvalue weighted by atomic mass is 32.2. The van der Waals surface area contributed by atoms with Crippen molar-refractivity contribution in [1.82, 2.24) is 14.9 Å². The number of fused-ring (bicyclic) bond motifs is 1. The minimum Gasteiger partial charge on any atom is -0.297 e. The SMILES string of the molecule is CCN1CCc2cnc(S(C)(=O)=O)nc2C1. The zero-order valence-electron chi connectivity index (χ0n) is 9.47. The second-order valence-electron chi connectivity index (χ2n) is 4.02. The standard InChI is InChI=1S/C10H15N3O2S/c1-3-13-5-4-8-6-11-10(16(2,14)15)12-9(8)7-13/h6H,3-5,7H2,1-2H3. The minimum absolute atomic E-state index is 0.0656. The molecular formula is C10H15N3O2S. The van der Waals surface area contributed by atoms with E-state index in [0.717, 1.165) is 43.6 Å². The maximum absolute atomic E-state index is 11.3. The van der Waals surface area contributed by atoms with Crippen molar-refractivity contribution in [1.29, 1.82) is 0 Å². The Hall–Kier alpha value is -1.01. The number of aromatic nitrogens is 2. The third-order valence-corrected chi connectivity index (χ3v) is 3.64. The van der Waals surface area contributed by atoms with Crippen LogP contribution < -0.4 is 0 Å². The summed E-state index contributed by atoms with van der Waals surface area (Å²) in [6, 6.07) is 0. The maximum atomic E-state index is 11.3. The minimum atomic E-state index is -3.30. The second-order valence-corrected chi connectivity index (χ2v) is 5.92. The molecule has 0 aliphatic carbocycles. The summed E-state index contributed by atoms with van der Waals surface area (Å²) < 4.78 is 22.7. The van der Waals surface area contributed by atoms with Crippen molar-refractivity contribution in [2.45, 2.75) is 25.0 Å². The normalized spacial score (nSPS) is 17.1. The number of sulfone groups is 1. The third kappa shape index (κ3) is 2.22. The lowest BCUT2D eigenvalue weighted by Gasteiger charge is -2.26. The van der Waals surface area contributed by atoms with Gasteiger partial charge in [-0.2, -0.15) is 0 Å². The molecule has 1 aliphatic rings. The smallest absolute Gasteiger partial charge is 0.247 e. The average Bonchev–Trinajstić information content (AvgIpc) is 2.26. The van der Waals surface area contributed by atoms with Crippen molar-refractivity contribution in [3.05, 3.63) is 17.5 Å². The van der Waals surface area contributed by atoms with Crippen molar-refractivity contribution in [3.8, 4) is 0 Å². The summed E-state index contributed by atoms with van der Waals surface area (Å²) in [5, 5.41) is -0.0656. The lowest BCUT2D eigenvalue weighted by molar-refractivity contribution is 0.262. The van der Waals surface area contributed by atoms with Crippen LogP contribution in [0.25, 0.3) is 0 Å². The largest absolute Gasteiger partial charge is 0.297 e.